The standard InChI is InChI=1S/C20H19NO3.C15H17NO2.C14H19NO2.C12H15NO2.C12H13NO.C8H12O3.C6H7N.6C2H6.Na.H2O/c22-19-15-9-4-5-11-17(15)21(18-12-6-10-16(18)19)20(23)24-13-14-7-2-1-3-8-14;1-2-14(17)16-12-8-4-3-6-10(12)15(18)11-7-5-9-13(11)16;1-2-17-14(16)12-9-6-10-13(12)15-11-7-4-3-5-8-11;14-12(15)10-7-4-8-11(10)13-9-5-2-1-3-6-9;14-12-8-4-1-2-6-10(8)13-11-7-3-5-9(11)12;1-2-11-8(10)6-4-3-5-7(6)9;7-6-4-2-1-3-5-6;6*1-2;;/h1-5,7-9,11,16,18H,6,10,12-13H2;3-4,6,8,11,13H,2,5,7,9H2,1H3;3-5,7-8,12-13,15H,2,6,9-10H2,1H3;1-3,5-6,10-11,13H,4,7-8H2,(H,14,15);1-2,4,6,9,11,13H,3,5,7H2;6H,2-5H2,1H3;1-5H,7H2;6*1-2H3;;1H2/q;;;;;;;;;;;;;+1;/p-1. The number of anilines is 6. The van der Waals surface area contributed by atoms with Gasteiger partial charge in [0.05, 0.1) is 42.5 Å². The van der Waals surface area contributed by atoms with Crippen LogP contribution >= 0.6 is 0 Å². The van der Waals surface area contributed by atoms with Crippen LogP contribution in [0.3, 0.4) is 0 Å². The first kappa shape index (κ1) is 107. The van der Waals surface area contributed by atoms with Crippen LogP contribution in [0.5, 0.6) is 0 Å². The van der Waals surface area contributed by atoms with E-state index in [1.807, 2.05) is 296 Å². The van der Waals surface area contributed by atoms with Gasteiger partial charge in [-0.3, -0.25) is 43.3 Å². The third kappa shape index (κ3) is 31.2. The maximum atomic E-state index is 12.8. The molecule has 6 aliphatic carbocycles. The fraction of sp³-hybridized carbons (Fsp3) is 0.485. The van der Waals surface area contributed by atoms with Gasteiger partial charge in [-0.1, -0.05) is 243 Å². The number of nitrogen functional groups attached to an aromatic ring is 1. The minimum absolute atomic E-state index is 0. The Bertz CT molecular complexity index is 4100. The molecule has 6 saturated carbocycles. The third-order valence-corrected chi connectivity index (χ3v) is 21.4. The van der Waals surface area contributed by atoms with E-state index in [4.69, 9.17) is 25.1 Å². The predicted octanol–water partition coefficient (Wildman–Crippen LogP) is 19.8. The van der Waals surface area contributed by atoms with Gasteiger partial charge in [0.25, 0.3) is 0 Å². The van der Waals surface area contributed by atoms with Crippen LogP contribution in [0.2, 0.25) is 0 Å². The van der Waals surface area contributed by atoms with Crippen molar-refractivity contribution in [3.8, 4) is 0 Å². The van der Waals surface area contributed by atoms with Gasteiger partial charge in [-0.05, 0) is 169 Å². The largest absolute Gasteiger partial charge is 1.00 e. The summed E-state index contributed by atoms with van der Waals surface area (Å²) in [5.41, 5.74) is 14.0. The molecule has 0 radical (unpaired) electrons. The number of hydrogen-bond donors (Lipinski definition) is 5. The minimum atomic E-state index is -0.680. The summed E-state index contributed by atoms with van der Waals surface area (Å²) in [7, 11) is 0. The Hall–Kier alpha value is -9.47. The van der Waals surface area contributed by atoms with Crippen LogP contribution in [0.15, 0.2) is 194 Å². The number of ketones is 4. The number of carbonyl (C=O) groups excluding carboxylic acids is 8. The molecule has 3 heterocycles. The van der Waals surface area contributed by atoms with Crippen LogP contribution in [-0.2, 0) is 44.8 Å². The first-order valence-electron chi connectivity index (χ1n) is 44.1. The Morgan fingerprint density at radius 1 is 0.433 bits per heavy atom. The molecule has 0 aromatic heterocycles. The van der Waals surface area contributed by atoms with Crippen molar-refractivity contribution in [3.63, 3.8) is 0 Å². The van der Waals surface area contributed by atoms with Crippen molar-refractivity contribution in [1.82, 2.24) is 0 Å². The van der Waals surface area contributed by atoms with Crippen LogP contribution in [0.4, 0.5) is 38.9 Å². The molecule has 120 heavy (non-hydrogen) atoms. The number of carboxylic acids is 1. The summed E-state index contributed by atoms with van der Waals surface area (Å²) in [6, 6.07) is 62.4. The number of carboxylic acid groups (broad SMARTS) is 1. The van der Waals surface area contributed by atoms with E-state index in [9.17, 15) is 43.2 Å². The van der Waals surface area contributed by atoms with Crippen LogP contribution in [0.25, 0.3) is 0 Å². The van der Waals surface area contributed by atoms with Crippen LogP contribution in [-0.4, -0.2) is 107 Å². The zero-order valence-electron chi connectivity index (χ0n) is 74.6. The zero-order chi connectivity index (χ0) is 86.9. The number of carbonyl (C=O) groups is 9. The number of aliphatic carboxylic acids is 1. The molecule has 2 amide bonds. The Morgan fingerprint density at radius 3 is 1.30 bits per heavy atom. The maximum Gasteiger partial charge on any atom is 1.00 e. The van der Waals surface area contributed by atoms with Crippen LogP contribution in [0.1, 0.15) is 262 Å². The molecule has 9 aliphatic rings. The van der Waals surface area contributed by atoms with E-state index in [1.165, 1.54) is 6.42 Å². The van der Waals surface area contributed by atoms with Crippen molar-refractivity contribution in [2.45, 2.75) is 263 Å². The average molecular weight is 1660 g/mol. The molecular weight excluding hydrogens is 1520 g/mol. The topological polar surface area (TPSA) is 300 Å². The normalized spacial score (nSPS) is 21.1. The summed E-state index contributed by atoms with van der Waals surface area (Å²) in [4.78, 5) is 110. The minimum Gasteiger partial charge on any atom is -0.870 e. The van der Waals surface area contributed by atoms with Gasteiger partial charge < -0.3 is 51.4 Å². The Labute approximate surface area is 739 Å². The number of Topliss-reactive ketones (excluding diaryl/α,β-unsaturated/α-hetero) is 4. The van der Waals surface area contributed by atoms with Gasteiger partial charge in [0, 0.05) is 94.2 Å². The number of benzene rings is 7. The Kier molecular flexibility index (Phi) is 53.4. The first-order valence-corrected chi connectivity index (χ1v) is 44.1. The molecule has 20 nitrogen and oxygen atoms in total. The van der Waals surface area contributed by atoms with E-state index in [0.717, 1.165) is 141 Å². The molecule has 21 heteroatoms. The molecule has 0 bridgehead atoms. The van der Waals surface area contributed by atoms with Crippen molar-refractivity contribution in [2.75, 3.05) is 44.7 Å². The second kappa shape index (κ2) is 60.1. The van der Waals surface area contributed by atoms with Gasteiger partial charge in [-0.15, -0.1) is 0 Å². The van der Waals surface area contributed by atoms with Crippen LogP contribution < -0.4 is 61.0 Å². The van der Waals surface area contributed by atoms with Gasteiger partial charge >= 0.3 is 53.6 Å². The third-order valence-electron chi connectivity index (χ3n) is 21.4. The van der Waals surface area contributed by atoms with E-state index in [0.29, 0.717) is 55.6 Å². The number of hydrogen-bond acceptors (Lipinski definition) is 17. The van der Waals surface area contributed by atoms with Crippen molar-refractivity contribution in [1.29, 1.82) is 0 Å². The number of nitrogens with two attached hydrogens (primary N) is 1. The second-order valence-electron chi connectivity index (χ2n) is 28.2. The fourth-order valence-electron chi connectivity index (χ4n) is 16.2. The number of ether oxygens (including phenoxy) is 3. The molecular formula is C99H139N6NaO14. The van der Waals surface area contributed by atoms with Crippen molar-refractivity contribution in [3.05, 3.63) is 216 Å². The zero-order valence-corrected chi connectivity index (χ0v) is 76.6. The van der Waals surface area contributed by atoms with Gasteiger partial charge in [0.15, 0.2) is 17.3 Å². The summed E-state index contributed by atoms with van der Waals surface area (Å²) >= 11 is 0. The summed E-state index contributed by atoms with van der Waals surface area (Å²) < 4.78 is 15.4. The molecule has 3 aliphatic heterocycles. The molecule has 7 N–H and O–H groups in total. The van der Waals surface area contributed by atoms with Gasteiger partial charge in [0.1, 0.15) is 18.3 Å². The van der Waals surface area contributed by atoms with Crippen LogP contribution in [0, 0.1) is 35.5 Å². The quantitative estimate of drug-likeness (QED) is 0.0250. The molecule has 6 fully saturated rings. The molecule has 16 rings (SSSR count). The van der Waals surface area contributed by atoms with Gasteiger partial charge in [-0.25, -0.2) is 4.79 Å². The molecule has 7 aromatic carbocycles. The van der Waals surface area contributed by atoms with Gasteiger partial charge in [0.2, 0.25) is 5.91 Å². The SMILES string of the molecule is CC.CC.CC.CC.CC.CC.CCC(=O)N1c2ccccc2C(=O)C2CCCC21.CCOC(=O)C1CCCC1=O.CCOC(=O)C1CCCC1Nc1ccccc1.Nc1ccccc1.O=C(O)C1CCCC1Nc1ccccc1.O=C1c2ccccc2N(C(=O)OCc2ccccc2)C2CCCC12.O=C1c2ccccc2NC2CCCC12.[Na+].[OH-]. The van der Waals surface area contributed by atoms with E-state index in [-0.39, 0.29) is 137 Å². The molecule has 11 unspecified atom stereocenters. The number of amides is 2. The maximum absolute atomic E-state index is 12.8. The van der Waals surface area contributed by atoms with Crippen molar-refractivity contribution in [2.24, 2.45) is 35.5 Å². The number of fused-ring (bicyclic) bond motifs is 6. The van der Waals surface area contributed by atoms with Gasteiger partial charge in [-0.2, -0.15) is 0 Å². The van der Waals surface area contributed by atoms with E-state index >= 15 is 0 Å². The number of nitrogens with one attached hydrogen (secondary N) is 3. The van der Waals surface area contributed by atoms with E-state index < -0.39 is 11.9 Å². The van der Waals surface area contributed by atoms with Crippen molar-refractivity contribution >= 4 is 87.2 Å². The number of rotatable bonds is 12. The second-order valence-corrected chi connectivity index (χ2v) is 28.2. The summed E-state index contributed by atoms with van der Waals surface area (Å²) in [6.45, 7) is 30.6. The summed E-state index contributed by atoms with van der Waals surface area (Å²) in [5.74, 6) is -0.653. The van der Waals surface area contributed by atoms with Crippen molar-refractivity contribution < 1.29 is 97.5 Å². The van der Waals surface area contributed by atoms with E-state index in [1.54, 1.807) is 11.8 Å². The molecule has 7 aromatic rings. The predicted molar refractivity (Wildman–Crippen MR) is 483 cm³/mol. The average Bonchev–Trinajstić information content (AvgIpc) is 1.49. The Morgan fingerprint density at radius 2 is 0.833 bits per heavy atom. The molecule has 650 valence electrons. The fourth-order valence-corrected chi connectivity index (χ4v) is 16.2. The summed E-state index contributed by atoms with van der Waals surface area (Å²) in [6.07, 6.45) is 17.0. The molecule has 0 spiro atoms. The first-order chi connectivity index (χ1) is 57.6. The Balaban J connectivity index is 0.000000472. The molecule has 11 atom stereocenters. The smallest absolute Gasteiger partial charge is 0.870 e. The van der Waals surface area contributed by atoms with E-state index in [2.05, 4.69) is 16.0 Å². The number of nitrogens with zero attached hydrogens (tertiary/aromatic N) is 2. The monoisotopic (exact) mass is 1660 g/mol. The number of para-hydroxylation sites is 6. The summed E-state index contributed by atoms with van der Waals surface area (Å²) in [5, 5.41) is 19.2. The molecule has 0 saturated heterocycles. The number of esters is 2.